The topological polar surface area (TPSA) is 108 Å². The summed E-state index contributed by atoms with van der Waals surface area (Å²) in [7, 11) is 0. The van der Waals surface area contributed by atoms with Crippen molar-refractivity contribution in [3.63, 3.8) is 0 Å². The molecule has 0 bridgehead atoms. The first-order chi connectivity index (χ1) is 17.5. The summed E-state index contributed by atoms with van der Waals surface area (Å²) in [6.07, 6.45) is 2.78. The summed E-state index contributed by atoms with van der Waals surface area (Å²) in [5, 5.41) is 21.6. The van der Waals surface area contributed by atoms with Gasteiger partial charge < -0.3 is 15.1 Å². The van der Waals surface area contributed by atoms with Gasteiger partial charge in [0.25, 0.3) is 5.91 Å². The number of fused-ring (bicyclic) bond motifs is 1. The smallest absolute Gasteiger partial charge is 0.329 e. The van der Waals surface area contributed by atoms with Crippen LogP contribution in [0.1, 0.15) is 102 Å². The third kappa shape index (κ3) is 6.01. The zero-order valence-corrected chi connectivity index (χ0v) is 24.6. The number of nitrogens with zero attached hydrogens (tertiary/aromatic N) is 2. The van der Waals surface area contributed by atoms with Crippen LogP contribution in [0.25, 0.3) is 0 Å². The lowest BCUT2D eigenvalue weighted by Gasteiger charge is -2.41. The quantitative estimate of drug-likeness (QED) is 0.489. The highest BCUT2D eigenvalue weighted by Crippen LogP contribution is 2.59. The SMILES string of the molecule is CC(C)(C)O.CC(C)C[C@@]1(C(=O)O)C2CCC(=O)[C@@H]2[C@H](c2nccs2)N1C(=O)c1ccc(C(C)(C)C)cc1. The van der Waals surface area contributed by atoms with E-state index in [1.807, 2.05) is 31.4 Å². The van der Waals surface area contributed by atoms with Gasteiger partial charge in [-0.1, -0.05) is 46.8 Å². The fourth-order valence-corrected chi connectivity index (χ4v) is 6.59. The molecule has 8 heteroatoms. The van der Waals surface area contributed by atoms with Crippen molar-refractivity contribution in [2.45, 2.75) is 97.2 Å². The summed E-state index contributed by atoms with van der Waals surface area (Å²) < 4.78 is 0. The second kappa shape index (κ2) is 10.9. The molecular weight excluding hydrogens is 500 g/mol. The Morgan fingerprint density at radius 1 is 1.13 bits per heavy atom. The molecule has 1 saturated carbocycles. The number of carboxylic acid groups (broad SMARTS) is 1. The molecule has 1 aliphatic heterocycles. The first kappa shape index (κ1) is 30.0. The Morgan fingerprint density at radius 3 is 2.16 bits per heavy atom. The summed E-state index contributed by atoms with van der Waals surface area (Å²) >= 11 is 1.37. The number of likely N-dealkylation sites (tertiary alicyclic amines) is 1. The van der Waals surface area contributed by atoms with E-state index in [-0.39, 0.29) is 23.0 Å². The first-order valence-electron chi connectivity index (χ1n) is 13.3. The highest BCUT2D eigenvalue weighted by atomic mass is 32.1. The van der Waals surface area contributed by atoms with Crippen molar-refractivity contribution < 1.29 is 24.6 Å². The second-order valence-corrected chi connectivity index (χ2v) is 13.9. The molecule has 1 unspecified atom stereocenters. The van der Waals surface area contributed by atoms with Crippen molar-refractivity contribution in [1.82, 2.24) is 9.88 Å². The monoisotopic (exact) mass is 542 g/mol. The van der Waals surface area contributed by atoms with Crippen molar-refractivity contribution in [1.29, 1.82) is 0 Å². The first-order valence-corrected chi connectivity index (χ1v) is 14.2. The van der Waals surface area contributed by atoms with Crippen molar-refractivity contribution in [3.8, 4) is 0 Å². The largest absolute Gasteiger partial charge is 0.479 e. The predicted octanol–water partition coefficient (Wildman–Crippen LogP) is 5.88. The number of carbonyl (C=O) groups is 3. The molecule has 0 spiro atoms. The Hall–Kier alpha value is -2.58. The summed E-state index contributed by atoms with van der Waals surface area (Å²) in [6, 6.07) is 6.76. The van der Waals surface area contributed by atoms with Crippen LogP contribution < -0.4 is 0 Å². The lowest BCUT2D eigenvalue weighted by molar-refractivity contribution is -0.152. The van der Waals surface area contributed by atoms with Gasteiger partial charge in [-0.2, -0.15) is 0 Å². The molecule has 208 valence electrons. The van der Waals surface area contributed by atoms with E-state index < -0.39 is 35.0 Å². The van der Waals surface area contributed by atoms with E-state index in [1.54, 1.807) is 39.1 Å². The molecule has 2 heterocycles. The molecular formula is C30H42N2O5S. The van der Waals surface area contributed by atoms with E-state index in [0.717, 1.165) is 5.56 Å². The number of aliphatic hydroxyl groups is 1. The molecule has 4 rings (SSSR count). The number of carbonyl (C=O) groups excluding carboxylic acids is 2. The molecule has 0 radical (unpaired) electrons. The Bertz CT molecular complexity index is 1140. The van der Waals surface area contributed by atoms with Crippen LogP contribution in [-0.4, -0.2) is 48.9 Å². The number of hydrogen-bond acceptors (Lipinski definition) is 6. The lowest BCUT2D eigenvalue weighted by atomic mass is 9.75. The van der Waals surface area contributed by atoms with Gasteiger partial charge in [-0.15, -0.1) is 11.3 Å². The molecule has 4 atom stereocenters. The van der Waals surface area contributed by atoms with E-state index in [1.165, 1.54) is 16.2 Å². The summed E-state index contributed by atoms with van der Waals surface area (Å²) in [5.41, 5.74) is -0.479. The summed E-state index contributed by atoms with van der Waals surface area (Å²) in [5.74, 6) is -2.26. The van der Waals surface area contributed by atoms with Gasteiger partial charge in [-0.25, -0.2) is 9.78 Å². The molecule has 2 fully saturated rings. The van der Waals surface area contributed by atoms with E-state index in [4.69, 9.17) is 5.11 Å². The number of benzene rings is 1. The number of rotatable bonds is 5. The average molecular weight is 543 g/mol. The minimum Gasteiger partial charge on any atom is -0.479 e. The van der Waals surface area contributed by atoms with Crippen LogP contribution in [0, 0.1) is 17.8 Å². The molecule has 2 aromatic rings. The number of thiazole rings is 1. The second-order valence-electron chi connectivity index (χ2n) is 13.0. The average Bonchev–Trinajstić information content (AvgIpc) is 3.49. The number of aromatic nitrogens is 1. The Labute approximate surface area is 230 Å². The molecule has 1 saturated heterocycles. The lowest BCUT2D eigenvalue weighted by Crippen LogP contribution is -2.57. The van der Waals surface area contributed by atoms with Gasteiger partial charge in [0.15, 0.2) is 0 Å². The Balaban J connectivity index is 0.000000732. The minimum absolute atomic E-state index is 0.0334. The van der Waals surface area contributed by atoms with E-state index in [0.29, 0.717) is 29.8 Å². The van der Waals surface area contributed by atoms with Gasteiger partial charge in [0.1, 0.15) is 16.3 Å². The van der Waals surface area contributed by atoms with Gasteiger partial charge in [-0.05, 0) is 62.6 Å². The highest BCUT2D eigenvalue weighted by molar-refractivity contribution is 7.09. The number of ketones is 1. The van der Waals surface area contributed by atoms with Crippen LogP contribution in [0.4, 0.5) is 0 Å². The maximum Gasteiger partial charge on any atom is 0.329 e. The third-order valence-corrected chi connectivity index (χ3v) is 8.03. The molecule has 7 nitrogen and oxygen atoms in total. The number of Topliss-reactive ketones (excluding diaryl/α,β-unsaturated/α-hetero) is 1. The van der Waals surface area contributed by atoms with Crippen molar-refractivity contribution >= 4 is 29.0 Å². The van der Waals surface area contributed by atoms with Crippen molar-refractivity contribution in [3.05, 3.63) is 52.0 Å². The molecule has 1 amide bonds. The van der Waals surface area contributed by atoms with Crippen LogP contribution in [0.5, 0.6) is 0 Å². The standard InChI is InChI=1S/C26H32N2O4S.C4H10O/c1-15(2)14-26(24(31)32)18-10-11-19(29)20(18)21(22-27-12-13-33-22)28(26)23(30)16-6-8-17(9-7-16)25(3,4)5;1-4(2,3)5/h6-9,12-13,15,18,20-21H,10-11,14H2,1-5H3,(H,31,32);5H,1-3H3/t18?,20-,21-,26+;/m1./s1. The zero-order chi connectivity index (χ0) is 28.6. The molecule has 38 heavy (non-hydrogen) atoms. The van der Waals surface area contributed by atoms with Gasteiger partial charge in [0.2, 0.25) is 0 Å². The number of carboxylic acids is 1. The minimum atomic E-state index is -1.44. The third-order valence-electron chi connectivity index (χ3n) is 7.18. The fourth-order valence-electron chi connectivity index (χ4n) is 5.81. The number of amides is 1. The molecule has 2 aliphatic rings. The molecule has 1 aromatic carbocycles. The van der Waals surface area contributed by atoms with Crippen LogP contribution in [0.15, 0.2) is 35.8 Å². The number of aliphatic carboxylic acids is 1. The highest BCUT2D eigenvalue weighted by Gasteiger charge is 2.68. The number of hydrogen-bond donors (Lipinski definition) is 2. The maximum atomic E-state index is 14.1. The van der Waals surface area contributed by atoms with Crippen LogP contribution >= 0.6 is 11.3 Å². The Kier molecular flexibility index (Phi) is 8.59. The fraction of sp³-hybridized carbons (Fsp3) is 0.600. The van der Waals surface area contributed by atoms with Gasteiger partial charge in [0, 0.05) is 29.5 Å². The summed E-state index contributed by atoms with van der Waals surface area (Å²) in [4.78, 5) is 46.1. The van der Waals surface area contributed by atoms with E-state index >= 15 is 0 Å². The summed E-state index contributed by atoms with van der Waals surface area (Å²) in [6.45, 7) is 15.5. The van der Waals surface area contributed by atoms with Gasteiger partial charge in [-0.3, -0.25) is 9.59 Å². The maximum absolute atomic E-state index is 14.1. The molecule has 1 aliphatic carbocycles. The van der Waals surface area contributed by atoms with Crippen LogP contribution in [0.2, 0.25) is 0 Å². The van der Waals surface area contributed by atoms with Crippen LogP contribution in [-0.2, 0) is 15.0 Å². The Morgan fingerprint density at radius 2 is 1.71 bits per heavy atom. The molecule has 2 N–H and O–H groups in total. The van der Waals surface area contributed by atoms with Crippen LogP contribution in [0.3, 0.4) is 0 Å². The van der Waals surface area contributed by atoms with Gasteiger partial charge in [0.05, 0.1) is 17.6 Å². The molecule has 1 aromatic heterocycles. The normalized spacial score (nSPS) is 25.3. The predicted molar refractivity (Wildman–Crippen MR) is 149 cm³/mol. The van der Waals surface area contributed by atoms with Crippen molar-refractivity contribution in [2.75, 3.05) is 0 Å². The van der Waals surface area contributed by atoms with E-state index in [9.17, 15) is 19.5 Å². The zero-order valence-electron chi connectivity index (χ0n) is 23.8. The van der Waals surface area contributed by atoms with Gasteiger partial charge >= 0.3 is 5.97 Å². The van der Waals surface area contributed by atoms with Crippen molar-refractivity contribution in [2.24, 2.45) is 17.8 Å². The van der Waals surface area contributed by atoms with E-state index in [2.05, 4.69) is 25.8 Å².